The topological polar surface area (TPSA) is 94.2 Å². The van der Waals surface area contributed by atoms with Crippen LogP contribution < -0.4 is 23.8 Å². The van der Waals surface area contributed by atoms with Crippen molar-refractivity contribution < 1.29 is 27.4 Å². The molecule has 11 heteroatoms. The minimum absolute atomic E-state index is 0.0936. The summed E-state index contributed by atoms with van der Waals surface area (Å²) in [4.78, 5) is 12.8. The second-order valence-electron chi connectivity index (χ2n) is 6.90. The van der Waals surface area contributed by atoms with E-state index < -0.39 is 22.5 Å². The van der Waals surface area contributed by atoms with Gasteiger partial charge in [-0.2, -0.15) is 0 Å². The molecular formula is C23H22Cl2N2O6S. The largest absolute Gasteiger partial charge is 0.495 e. The highest BCUT2D eigenvalue weighted by molar-refractivity contribution is 7.92. The van der Waals surface area contributed by atoms with Crippen molar-refractivity contribution in [3.8, 4) is 17.2 Å². The number of nitrogens with zero attached hydrogens (tertiary/aromatic N) is 1. The van der Waals surface area contributed by atoms with Gasteiger partial charge in [-0.25, -0.2) is 8.42 Å². The average molecular weight is 525 g/mol. The van der Waals surface area contributed by atoms with Crippen molar-refractivity contribution in [1.29, 1.82) is 0 Å². The minimum atomic E-state index is -4.28. The number of nitrogens with one attached hydrogen (secondary N) is 1. The number of carbonyl (C=O) groups is 1. The lowest BCUT2D eigenvalue weighted by molar-refractivity contribution is -0.114. The number of methoxy groups -OCH3 is 3. The number of carbonyl (C=O) groups excluding carboxylic acids is 1. The Kier molecular flexibility index (Phi) is 8.14. The van der Waals surface area contributed by atoms with Gasteiger partial charge in [0, 0.05) is 21.8 Å². The van der Waals surface area contributed by atoms with Crippen molar-refractivity contribution >= 4 is 50.5 Å². The van der Waals surface area contributed by atoms with Crippen molar-refractivity contribution in [3.63, 3.8) is 0 Å². The van der Waals surface area contributed by atoms with Crippen LogP contribution in [0.3, 0.4) is 0 Å². The third-order valence-corrected chi connectivity index (χ3v) is 7.01. The molecule has 0 spiro atoms. The molecule has 0 aromatic heterocycles. The number of ether oxygens (including phenoxy) is 3. The summed E-state index contributed by atoms with van der Waals surface area (Å²) in [5.41, 5.74) is 0.548. The zero-order valence-corrected chi connectivity index (χ0v) is 20.9. The summed E-state index contributed by atoms with van der Waals surface area (Å²) in [6.07, 6.45) is 0. The molecule has 3 aromatic carbocycles. The Bertz CT molecular complexity index is 1280. The first-order valence-electron chi connectivity index (χ1n) is 9.83. The van der Waals surface area contributed by atoms with Gasteiger partial charge in [0.05, 0.1) is 31.9 Å². The normalized spacial score (nSPS) is 11.0. The fourth-order valence-corrected chi connectivity index (χ4v) is 4.86. The van der Waals surface area contributed by atoms with Gasteiger partial charge in [-0.05, 0) is 54.6 Å². The number of benzene rings is 3. The summed E-state index contributed by atoms with van der Waals surface area (Å²) >= 11 is 12.0. The second-order valence-corrected chi connectivity index (χ2v) is 9.63. The molecule has 0 aliphatic carbocycles. The Morgan fingerprint density at radius 3 is 2.03 bits per heavy atom. The Balaban J connectivity index is 2.07. The van der Waals surface area contributed by atoms with Crippen LogP contribution in [-0.4, -0.2) is 42.2 Å². The van der Waals surface area contributed by atoms with Gasteiger partial charge >= 0.3 is 0 Å². The predicted molar refractivity (Wildman–Crippen MR) is 132 cm³/mol. The van der Waals surface area contributed by atoms with Crippen LogP contribution in [0.25, 0.3) is 0 Å². The van der Waals surface area contributed by atoms with Gasteiger partial charge in [-0.1, -0.05) is 23.2 Å². The summed E-state index contributed by atoms with van der Waals surface area (Å²) in [7, 11) is -0.0522. The average Bonchev–Trinajstić information content (AvgIpc) is 2.83. The molecule has 180 valence electrons. The van der Waals surface area contributed by atoms with E-state index in [1.54, 1.807) is 30.3 Å². The molecule has 0 bridgehead atoms. The van der Waals surface area contributed by atoms with E-state index in [-0.39, 0.29) is 27.1 Å². The van der Waals surface area contributed by atoms with Crippen LogP contribution in [0, 0.1) is 0 Å². The number of hydrogen-bond donors (Lipinski definition) is 1. The Hall–Kier alpha value is -3.14. The van der Waals surface area contributed by atoms with Crippen molar-refractivity contribution in [2.75, 3.05) is 37.5 Å². The van der Waals surface area contributed by atoms with Crippen LogP contribution in [0.1, 0.15) is 0 Å². The number of amides is 1. The van der Waals surface area contributed by atoms with Gasteiger partial charge in [0.2, 0.25) is 5.91 Å². The first-order valence-corrected chi connectivity index (χ1v) is 12.0. The molecule has 1 N–H and O–H groups in total. The van der Waals surface area contributed by atoms with E-state index in [0.717, 1.165) is 4.31 Å². The lowest BCUT2D eigenvalue weighted by Crippen LogP contribution is -2.38. The SMILES string of the molecule is COc1ccc(S(=O)(=O)N(CC(=O)Nc2ccc(Cl)cc2)c2cc(Cl)ccc2OC)cc1OC. The van der Waals surface area contributed by atoms with Gasteiger partial charge in [-0.15, -0.1) is 0 Å². The molecule has 0 atom stereocenters. The van der Waals surface area contributed by atoms with Crippen LogP contribution in [0.5, 0.6) is 17.2 Å². The Morgan fingerprint density at radius 2 is 1.41 bits per heavy atom. The zero-order chi connectivity index (χ0) is 24.9. The lowest BCUT2D eigenvalue weighted by Gasteiger charge is -2.26. The summed E-state index contributed by atoms with van der Waals surface area (Å²) < 4.78 is 44.2. The Labute approximate surface area is 208 Å². The molecule has 0 heterocycles. The van der Waals surface area contributed by atoms with Crippen molar-refractivity contribution in [1.82, 2.24) is 0 Å². The van der Waals surface area contributed by atoms with E-state index in [0.29, 0.717) is 16.5 Å². The maximum atomic E-state index is 13.7. The van der Waals surface area contributed by atoms with Gasteiger partial charge in [0.15, 0.2) is 11.5 Å². The maximum Gasteiger partial charge on any atom is 0.265 e. The number of hydrogen-bond acceptors (Lipinski definition) is 6. The molecule has 0 saturated heterocycles. The fraction of sp³-hybridized carbons (Fsp3) is 0.174. The zero-order valence-electron chi connectivity index (χ0n) is 18.5. The van der Waals surface area contributed by atoms with E-state index in [1.807, 2.05) is 0 Å². The smallest absolute Gasteiger partial charge is 0.265 e. The molecule has 3 rings (SSSR count). The van der Waals surface area contributed by atoms with E-state index in [2.05, 4.69) is 5.32 Å². The number of rotatable bonds is 9. The molecule has 34 heavy (non-hydrogen) atoms. The van der Waals surface area contributed by atoms with Crippen molar-refractivity contribution in [2.45, 2.75) is 4.90 Å². The molecule has 0 fully saturated rings. The summed E-state index contributed by atoms with van der Waals surface area (Å²) in [6.45, 7) is -0.560. The third kappa shape index (κ3) is 5.67. The van der Waals surface area contributed by atoms with E-state index in [4.69, 9.17) is 37.4 Å². The van der Waals surface area contributed by atoms with Gasteiger partial charge in [-0.3, -0.25) is 9.10 Å². The van der Waals surface area contributed by atoms with E-state index in [1.165, 1.54) is 51.7 Å². The number of sulfonamides is 1. The van der Waals surface area contributed by atoms with Crippen LogP contribution in [0.4, 0.5) is 11.4 Å². The molecule has 8 nitrogen and oxygen atoms in total. The molecule has 1 amide bonds. The second kappa shape index (κ2) is 10.9. The Morgan fingerprint density at radius 1 is 0.824 bits per heavy atom. The minimum Gasteiger partial charge on any atom is -0.495 e. The van der Waals surface area contributed by atoms with Gasteiger partial charge in [0.1, 0.15) is 12.3 Å². The van der Waals surface area contributed by atoms with Crippen LogP contribution in [0.2, 0.25) is 10.0 Å². The highest BCUT2D eigenvalue weighted by atomic mass is 35.5. The van der Waals surface area contributed by atoms with Crippen LogP contribution in [0.15, 0.2) is 65.6 Å². The lowest BCUT2D eigenvalue weighted by atomic mass is 10.3. The summed E-state index contributed by atoms with van der Waals surface area (Å²) in [6, 6.07) is 15.0. The molecule has 0 aliphatic rings. The molecule has 0 radical (unpaired) electrons. The monoisotopic (exact) mass is 524 g/mol. The third-order valence-electron chi connectivity index (χ3n) is 4.77. The van der Waals surface area contributed by atoms with Crippen LogP contribution in [-0.2, 0) is 14.8 Å². The first-order chi connectivity index (χ1) is 16.2. The highest BCUT2D eigenvalue weighted by Gasteiger charge is 2.30. The standard InChI is InChI=1S/C23H22Cl2N2O6S/c1-31-20-10-6-16(25)12-19(20)27(14-23(28)26-17-7-4-15(24)5-8-17)34(29,30)18-9-11-21(32-2)22(13-18)33-3/h4-13H,14H2,1-3H3,(H,26,28). The summed E-state index contributed by atoms with van der Waals surface area (Å²) in [5, 5.41) is 3.43. The molecule has 0 saturated carbocycles. The van der Waals surface area contributed by atoms with Crippen molar-refractivity contribution in [2.24, 2.45) is 0 Å². The van der Waals surface area contributed by atoms with Crippen LogP contribution >= 0.6 is 23.2 Å². The maximum absolute atomic E-state index is 13.7. The van der Waals surface area contributed by atoms with E-state index >= 15 is 0 Å². The quantitative estimate of drug-likeness (QED) is 0.429. The van der Waals surface area contributed by atoms with Gasteiger partial charge in [0.25, 0.3) is 10.0 Å². The fourth-order valence-electron chi connectivity index (χ4n) is 3.13. The molecular weight excluding hydrogens is 503 g/mol. The summed E-state index contributed by atoms with van der Waals surface area (Å²) in [5.74, 6) is 0.196. The number of halogens is 2. The van der Waals surface area contributed by atoms with E-state index in [9.17, 15) is 13.2 Å². The highest BCUT2D eigenvalue weighted by Crippen LogP contribution is 2.37. The number of anilines is 2. The predicted octanol–water partition coefficient (Wildman–Crippen LogP) is 4.85. The molecule has 0 aliphatic heterocycles. The van der Waals surface area contributed by atoms with Crippen molar-refractivity contribution in [3.05, 3.63) is 70.7 Å². The first kappa shape index (κ1) is 25.5. The molecule has 0 unspecified atom stereocenters. The molecule has 3 aromatic rings. The van der Waals surface area contributed by atoms with Gasteiger partial charge < -0.3 is 19.5 Å².